The lowest BCUT2D eigenvalue weighted by molar-refractivity contribution is 1.45. The molecule has 0 saturated carbocycles. The molecule has 3 rings (SSSR count). The average molecular weight is 289 g/mol. The lowest BCUT2D eigenvalue weighted by atomic mass is 9.97. The standard InChI is InChI=1S/C19H19N3/c1-13-7-8-14(20)11-17(13)18-12-15(21)9-10-19(18)22-16-5-3-2-4-6-16/h2-12,22H,20-21H2,1H3. The first-order valence-electron chi connectivity index (χ1n) is 7.21. The zero-order valence-corrected chi connectivity index (χ0v) is 12.5. The van der Waals surface area contributed by atoms with E-state index in [2.05, 4.69) is 12.2 Å². The molecule has 0 saturated heterocycles. The van der Waals surface area contributed by atoms with Crippen LogP contribution in [0.25, 0.3) is 11.1 Å². The number of nitrogens with two attached hydrogens (primary N) is 2. The molecular weight excluding hydrogens is 270 g/mol. The number of nitrogens with one attached hydrogen (secondary N) is 1. The van der Waals surface area contributed by atoms with Gasteiger partial charge in [0, 0.05) is 28.3 Å². The number of hydrogen-bond acceptors (Lipinski definition) is 3. The van der Waals surface area contributed by atoms with E-state index in [0.717, 1.165) is 39.4 Å². The van der Waals surface area contributed by atoms with E-state index in [1.54, 1.807) is 0 Å². The van der Waals surface area contributed by atoms with E-state index in [1.165, 1.54) is 0 Å². The van der Waals surface area contributed by atoms with Crippen LogP contribution < -0.4 is 16.8 Å². The summed E-state index contributed by atoms with van der Waals surface area (Å²) in [4.78, 5) is 0. The molecule has 0 aromatic heterocycles. The Morgan fingerprint density at radius 2 is 1.36 bits per heavy atom. The predicted octanol–water partition coefficient (Wildman–Crippen LogP) is 4.57. The third-order valence-corrected chi connectivity index (χ3v) is 3.65. The van der Waals surface area contributed by atoms with Crippen molar-refractivity contribution in [1.29, 1.82) is 0 Å². The van der Waals surface area contributed by atoms with Gasteiger partial charge in [0.1, 0.15) is 0 Å². The molecule has 0 heterocycles. The predicted molar refractivity (Wildman–Crippen MR) is 95.2 cm³/mol. The Balaban J connectivity index is 2.10. The second-order valence-corrected chi connectivity index (χ2v) is 5.37. The molecule has 0 unspecified atom stereocenters. The van der Waals surface area contributed by atoms with Crippen molar-refractivity contribution in [3.63, 3.8) is 0 Å². The molecule has 0 aliphatic carbocycles. The van der Waals surface area contributed by atoms with E-state index in [-0.39, 0.29) is 0 Å². The Morgan fingerprint density at radius 1 is 0.727 bits per heavy atom. The van der Waals surface area contributed by atoms with E-state index < -0.39 is 0 Å². The second kappa shape index (κ2) is 5.82. The summed E-state index contributed by atoms with van der Waals surface area (Å²) in [5, 5.41) is 3.45. The van der Waals surface area contributed by atoms with Crippen molar-refractivity contribution in [2.45, 2.75) is 6.92 Å². The van der Waals surface area contributed by atoms with Gasteiger partial charge in [-0.05, 0) is 60.5 Å². The van der Waals surface area contributed by atoms with Gasteiger partial charge in [0.05, 0.1) is 0 Å². The first-order chi connectivity index (χ1) is 10.6. The fourth-order valence-corrected chi connectivity index (χ4v) is 2.50. The van der Waals surface area contributed by atoms with Crippen molar-refractivity contribution >= 4 is 22.7 Å². The summed E-state index contributed by atoms with van der Waals surface area (Å²) in [5.41, 5.74) is 18.8. The molecule has 0 aliphatic heterocycles. The van der Waals surface area contributed by atoms with Crippen LogP contribution in [0.1, 0.15) is 5.56 Å². The number of hydrogen-bond donors (Lipinski definition) is 3. The largest absolute Gasteiger partial charge is 0.399 e. The summed E-state index contributed by atoms with van der Waals surface area (Å²) in [7, 11) is 0. The fourth-order valence-electron chi connectivity index (χ4n) is 2.50. The number of rotatable bonds is 3. The molecule has 0 amide bonds. The van der Waals surface area contributed by atoms with E-state index >= 15 is 0 Å². The maximum atomic E-state index is 5.99. The van der Waals surface area contributed by atoms with Crippen molar-refractivity contribution in [1.82, 2.24) is 0 Å². The Bertz CT molecular complexity index is 795. The third-order valence-electron chi connectivity index (χ3n) is 3.65. The number of nitrogen functional groups attached to an aromatic ring is 2. The molecular formula is C19H19N3. The molecule has 0 spiro atoms. The molecule has 110 valence electrons. The van der Waals surface area contributed by atoms with Gasteiger partial charge in [-0.3, -0.25) is 0 Å². The highest BCUT2D eigenvalue weighted by molar-refractivity contribution is 5.85. The van der Waals surface area contributed by atoms with Gasteiger partial charge in [-0.1, -0.05) is 24.3 Å². The maximum absolute atomic E-state index is 5.99. The Labute approximate surface area is 130 Å². The first kappa shape index (κ1) is 14.0. The summed E-state index contributed by atoms with van der Waals surface area (Å²) in [5.74, 6) is 0. The molecule has 0 aliphatic rings. The van der Waals surface area contributed by atoms with Gasteiger partial charge in [-0.2, -0.15) is 0 Å². The lowest BCUT2D eigenvalue weighted by Crippen LogP contribution is -1.97. The Kier molecular flexibility index (Phi) is 3.71. The number of aryl methyl sites for hydroxylation is 1. The quantitative estimate of drug-likeness (QED) is 0.619. The van der Waals surface area contributed by atoms with Crippen LogP contribution in [-0.4, -0.2) is 0 Å². The highest BCUT2D eigenvalue weighted by Crippen LogP contribution is 2.35. The van der Waals surface area contributed by atoms with E-state index in [0.29, 0.717) is 0 Å². The molecule has 22 heavy (non-hydrogen) atoms. The minimum Gasteiger partial charge on any atom is -0.399 e. The van der Waals surface area contributed by atoms with Crippen molar-refractivity contribution in [3.05, 3.63) is 72.3 Å². The van der Waals surface area contributed by atoms with Crippen LogP contribution in [0.5, 0.6) is 0 Å². The summed E-state index contributed by atoms with van der Waals surface area (Å²) in [6, 6.07) is 21.9. The molecule has 0 bridgehead atoms. The molecule has 0 fully saturated rings. The van der Waals surface area contributed by atoms with E-state index in [4.69, 9.17) is 11.5 Å². The zero-order chi connectivity index (χ0) is 15.5. The summed E-state index contributed by atoms with van der Waals surface area (Å²) < 4.78 is 0. The third kappa shape index (κ3) is 2.88. The van der Waals surface area contributed by atoms with Gasteiger partial charge < -0.3 is 16.8 Å². The molecule has 3 aromatic carbocycles. The Hall–Kier alpha value is -2.94. The molecule has 3 aromatic rings. The summed E-state index contributed by atoms with van der Waals surface area (Å²) in [6.07, 6.45) is 0. The molecule has 0 atom stereocenters. The second-order valence-electron chi connectivity index (χ2n) is 5.37. The van der Waals surface area contributed by atoms with Gasteiger partial charge >= 0.3 is 0 Å². The van der Waals surface area contributed by atoms with Crippen LogP contribution in [0.3, 0.4) is 0 Å². The van der Waals surface area contributed by atoms with Crippen molar-refractivity contribution in [2.24, 2.45) is 0 Å². The molecule has 0 radical (unpaired) electrons. The maximum Gasteiger partial charge on any atom is 0.0465 e. The highest BCUT2D eigenvalue weighted by Gasteiger charge is 2.09. The molecule has 3 heteroatoms. The van der Waals surface area contributed by atoms with Crippen LogP contribution in [0.15, 0.2) is 66.7 Å². The number of anilines is 4. The van der Waals surface area contributed by atoms with Crippen molar-refractivity contribution < 1.29 is 0 Å². The first-order valence-corrected chi connectivity index (χ1v) is 7.21. The minimum atomic E-state index is 0.732. The van der Waals surface area contributed by atoms with E-state index in [9.17, 15) is 0 Å². The van der Waals surface area contributed by atoms with Crippen LogP contribution in [-0.2, 0) is 0 Å². The van der Waals surface area contributed by atoms with Gasteiger partial charge in [-0.25, -0.2) is 0 Å². The van der Waals surface area contributed by atoms with Gasteiger partial charge in [0.2, 0.25) is 0 Å². The van der Waals surface area contributed by atoms with Crippen LogP contribution >= 0.6 is 0 Å². The van der Waals surface area contributed by atoms with Gasteiger partial charge in [0.25, 0.3) is 0 Å². The van der Waals surface area contributed by atoms with Crippen molar-refractivity contribution in [2.75, 3.05) is 16.8 Å². The average Bonchev–Trinajstić information content (AvgIpc) is 2.52. The van der Waals surface area contributed by atoms with Crippen LogP contribution in [0, 0.1) is 6.92 Å². The number of para-hydroxylation sites is 1. The smallest absolute Gasteiger partial charge is 0.0465 e. The van der Waals surface area contributed by atoms with Crippen molar-refractivity contribution in [3.8, 4) is 11.1 Å². The Morgan fingerprint density at radius 3 is 2.09 bits per heavy atom. The summed E-state index contributed by atoms with van der Waals surface area (Å²) in [6.45, 7) is 2.07. The van der Waals surface area contributed by atoms with Gasteiger partial charge in [-0.15, -0.1) is 0 Å². The van der Waals surface area contributed by atoms with Crippen LogP contribution in [0.2, 0.25) is 0 Å². The molecule has 3 nitrogen and oxygen atoms in total. The lowest BCUT2D eigenvalue weighted by Gasteiger charge is -2.15. The highest BCUT2D eigenvalue weighted by atomic mass is 14.9. The molecule has 5 N–H and O–H groups in total. The monoisotopic (exact) mass is 289 g/mol. The minimum absolute atomic E-state index is 0.732. The fraction of sp³-hybridized carbons (Fsp3) is 0.0526. The number of benzene rings is 3. The SMILES string of the molecule is Cc1ccc(N)cc1-c1cc(N)ccc1Nc1ccccc1. The van der Waals surface area contributed by atoms with Gasteiger partial charge in [0.15, 0.2) is 0 Å². The summed E-state index contributed by atoms with van der Waals surface area (Å²) >= 11 is 0. The topological polar surface area (TPSA) is 64.1 Å². The van der Waals surface area contributed by atoms with Crippen LogP contribution in [0.4, 0.5) is 22.7 Å². The normalized spacial score (nSPS) is 10.4. The van der Waals surface area contributed by atoms with E-state index in [1.807, 2.05) is 66.7 Å². The zero-order valence-electron chi connectivity index (χ0n) is 12.5.